The molecule has 1 saturated heterocycles. The van der Waals surface area contributed by atoms with E-state index in [1.807, 2.05) is 19.1 Å². The molecule has 8 nitrogen and oxygen atoms in total. The first-order valence-electron chi connectivity index (χ1n) is 12.3. The van der Waals surface area contributed by atoms with Crippen molar-refractivity contribution in [2.24, 2.45) is 5.10 Å². The van der Waals surface area contributed by atoms with Crippen molar-refractivity contribution in [3.05, 3.63) is 81.2 Å². The molecule has 38 heavy (non-hydrogen) atoms. The number of ether oxygens (including phenoxy) is 2. The van der Waals surface area contributed by atoms with Crippen LogP contribution >= 0.6 is 22.6 Å². The number of benzene rings is 3. The van der Waals surface area contributed by atoms with E-state index < -0.39 is 5.91 Å². The van der Waals surface area contributed by atoms with Crippen LogP contribution in [-0.2, 0) is 4.79 Å². The van der Waals surface area contributed by atoms with Gasteiger partial charge in [0.1, 0.15) is 5.82 Å². The number of hydrazone groups is 1. The SMILES string of the molecule is CCOc1cc(/C=N\NC(=O)c2ccc(N3CCCC3)cc2)cc(I)c1OCC(=O)Nc1ccc(F)cc1. The number of carbonyl (C=O) groups is 2. The molecule has 1 fully saturated rings. The highest BCUT2D eigenvalue weighted by atomic mass is 127. The molecular weight excluding hydrogens is 602 g/mol. The number of anilines is 2. The molecule has 3 aromatic rings. The normalized spacial score (nSPS) is 13.0. The summed E-state index contributed by atoms with van der Waals surface area (Å²) in [5.74, 6) is -0.220. The number of hydrogen-bond acceptors (Lipinski definition) is 6. The Balaban J connectivity index is 1.36. The second kappa shape index (κ2) is 13.2. The first kappa shape index (κ1) is 27.4. The van der Waals surface area contributed by atoms with Gasteiger partial charge in [-0.15, -0.1) is 0 Å². The summed E-state index contributed by atoms with van der Waals surface area (Å²) < 4.78 is 25.2. The van der Waals surface area contributed by atoms with Crippen LogP contribution in [0.2, 0.25) is 0 Å². The Hall–Kier alpha value is -3.67. The molecular formula is C28H28FIN4O4. The predicted molar refractivity (Wildman–Crippen MR) is 154 cm³/mol. The van der Waals surface area contributed by atoms with Crippen molar-refractivity contribution >= 4 is 52.0 Å². The highest BCUT2D eigenvalue weighted by Gasteiger charge is 2.15. The van der Waals surface area contributed by atoms with Crippen molar-refractivity contribution in [3.8, 4) is 11.5 Å². The first-order chi connectivity index (χ1) is 18.4. The molecule has 0 spiro atoms. The molecule has 0 saturated carbocycles. The summed E-state index contributed by atoms with van der Waals surface area (Å²) in [4.78, 5) is 27.1. The smallest absolute Gasteiger partial charge is 0.271 e. The van der Waals surface area contributed by atoms with E-state index in [4.69, 9.17) is 9.47 Å². The summed E-state index contributed by atoms with van der Waals surface area (Å²) in [5.41, 5.74) is 5.36. The zero-order chi connectivity index (χ0) is 26.9. The van der Waals surface area contributed by atoms with Gasteiger partial charge in [0, 0.05) is 30.0 Å². The van der Waals surface area contributed by atoms with E-state index in [-0.39, 0.29) is 18.3 Å². The molecule has 0 atom stereocenters. The van der Waals surface area contributed by atoms with E-state index in [0.717, 1.165) is 18.8 Å². The van der Waals surface area contributed by atoms with Crippen LogP contribution in [-0.4, -0.2) is 44.3 Å². The van der Waals surface area contributed by atoms with Gasteiger partial charge < -0.3 is 19.7 Å². The van der Waals surface area contributed by atoms with Crippen LogP contribution in [0.4, 0.5) is 15.8 Å². The van der Waals surface area contributed by atoms with E-state index in [1.165, 1.54) is 43.3 Å². The zero-order valence-corrected chi connectivity index (χ0v) is 23.0. The topological polar surface area (TPSA) is 92.3 Å². The molecule has 3 aromatic carbocycles. The monoisotopic (exact) mass is 630 g/mol. The van der Waals surface area contributed by atoms with Gasteiger partial charge in [-0.05, 0) is 109 Å². The third kappa shape index (κ3) is 7.44. The Kier molecular flexibility index (Phi) is 9.52. The molecule has 0 unspecified atom stereocenters. The molecule has 1 heterocycles. The Labute approximate surface area is 234 Å². The van der Waals surface area contributed by atoms with Gasteiger partial charge in [-0.3, -0.25) is 9.59 Å². The molecule has 2 amide bonds. The number of nitrogens with one attached hydrogen (secondary N) is 2. The molecule has 0 aliphatic carbocycles. The third-order valence-electron chi connectivity index (χ3n) is 5.79. The lowest BCUT2D eigenvalue weighted by atomic mass is 10.2. The lowest BCUT2D eigenvalue weighted by Crippen LogP contribution is -2.20. The van der Waals surface area contributed by atoms with Crippen molar-refractivity contribution in [1.82, 2.24) is 5.43 Å². The van der Waals surface area contributed by atoms with Crippen LogP contribution in [0.3, 0.4) is 0 Å². The largest absolute Gasteiger partial charge is 0.490 e. The fraction of sp³-hybridized carbons (Fsp3) is 0.250. The lowest BCUT2D eigenvalue weighted by Gasteiger charge is -2.17. The van der Waals surface area contributed by atoms with E-state index in [0.29, 0.717) is 38.5 Å². The van der Waals surface area contributed by atoms with Crippen LogP contribution in [0.25, 0.3) is 0 Å². The second-order valence-corrected chi connectivity index (χ2v) is 9.71. The molecule has 0 aromatic heterocycles. The number of hydrogen-bond donors (Lipinski definition) is 2. The molecule has 0 radical (unpaired) electrons. The molecule has 10 heteroatoms. The van der Waals surface area contributed by atoms with Gasteiger partial charge >= 0.3 is 0 Å². The van der Waals surface area contributed by atoms with Crippen molar-refractivity contribution in [2.45, 2.75) is 19.8 Å². The fourth-order valence-electron chi connectivity index (χ4n) is 3.96. The van der Waals surface area contributed by atoms with Crippen LogP contribution < -0.4 is 25.1 Å². The van der Waals surface area contributed by atoms with E-state index in [2.05, 4.69) is 43.3 Å². The first-order valence-corrected chi connectivity index (χ1v) is 13.3. The molecule has 198 valence electrons. The molecule has 4 rings (SSSR count). The highest BCUT2D eigenvalue weighted by molar-refractivity contribution is 14.1. The third-order valence-corrected chi connectivity index (χ3v) is 6.59. The second-order valence-electron chi connectivity index (χ2n) is 8.55. The lowest BCUT2D eigenvalue weighted by molar-refractivity contribution is -0.118. The van der Waals surface area contributed by atoms with Gasteiger partial charge in [0.15, 0.2) is 18.1 Å². The van der Waals surface area contributed by atoms with Gasteiger partial charge in [0.05, 0.1) is 16.4 Å². The van der Waals surface area contributed by atoms with Gasteiger partial charge in [-0.1, -0.05) is 0 Å². The summed E-state index contributed by atoms with van der Waals surface area (Å²) in [6.45, 7) is 4.07. The highest BCUT2D eigenvalue weighted by Crippen LogP contribution is 2.34. The molecule has 0 bridgehead atoms. The summed E-state index contributed by atoms with van der Waals surface area (Å²) in [6, 6.07) is 16.5. The summed E-state index contributed by atoms with van der Waals surface area (Å²) in [7, 11) is 0. The van der Waals surface area contributed by atoms with Crippen molar-refractivity contribution in [3.63, 3.8) is 0 Å². The summed E-state index contributed by atoms with van der Waals surface area (Å²) in [6.07, 6.45) is 3.91. The fourth-order valence-corrected chi connectivity index (χ4v) is 4.74. The minimum absolute atomic E-state index is 0.256. The van der Waals surface area contributed by atoms with Crippen LogP contribution in [0, 0.1) is 9.39 Å². The molecule has 1 aliphatic heterocycles. The molecule has 1 aliphatic rings. The van der Waals surface area contributed by atoms with Crippen LogP contribution in [0.1, 0.15) is 35.7 Å². The quantitative estimate of drug-likeness (QED) is 0.182. The summed E-state index contributed by atoms with van der Waals surface area (Å²) in [5, 5.41) is 6.74. The maximum absolute atomic E-state index is 13.1. The maximum Gasteiger partial charge on any atom is 0.271 e. The Bertz CT molecular complexity index is 1290. The number of amides is 2. The minimum Gasteiger partial charge on any atom is -0.490 e. The number of carbonyl (C=O) groups excluding carboxylic acids is 2. The zero-order valence-electron chi connectivity index (χ0n) is 20.9. The van der Waals surface area contributed by atoms with Crippen LogP contribution in [0.5, 0.6) is 11.5 Å². The van der Waals surface area contributed by atoms with Gasteiger partial charge in [-0.2, -0.15) is 5.10 Å². The standard InChI is InChI=1S/C28H28FIN4O4/c1-2-37-25-16-19(15-24(30)27(25)38-18-26(35)32-22-9-7-21(29)8-10-22)17-31-33-28(36)20-5-11-23(12-6-20)34-13-3-4-14-34/h5-12,15-17H,2-4,13-14,18H2,1H3,(H,32,35)(H,33,36)/b31-17-. The van der Waals surface area contributed by atoms with Crippen molar-refractivity contribution in [1.29, 1.82) is 0 Å². The van der Waals surface area contributed by atoms with E-state index >= 15 is 0 Å². The minimum atomic E-state index is -0.392. The maximum atomic E-state index is 13.1. The van der Waals surface area contributed by atoms with Crippen molar-refractivity contribution < 1.29 is 23.5 Å². The van der Waals surface area contributed by atoms with Gasteiger partial charge in [0.2, 0.25) is 0 Å². The predicted octanol–water partition coefficient (Wildman–Crippen LogP) is 5.21. The number of rotatable bonds is 10. The number of halogens is 2. The molecule has 2 N–H and O–H groups in total. The Morgan fingerprint density at radius 1 is 1.05 bits per heavy atom. The van der Waals surface area contributed by atoms with Crippen molar-refractivity contribution in [2.75, 3.05) is 36.5 Å². The van der Waals surface area contributed by atoms with Gasteiger partial charge in [-0.25, -0.2) is 9.82 Å². The number of nitrogens with zero attached hydrogens (tertiary/aromatic N) is 2. The Morgan fingerprint density at radius 3 is 2.45 bits per heavy atom. The Morgan fingerprint density at radius 2 is 1.76 bits per heavy atom. The average molecular weight is 630 g/mol. The van der Waals surface area contributed by atoms with Crippen LogP contribution in [0.15, 0.2) is 65.8 Å². The van der Waals surface area contributed by atoms with E-state index in [9.17, 15) is 14.0 Å². The summed E-state index contributed by atoms with van der Waals surface area (Å²) >= 11 is 2.09. The van der Waals surface area contributed by atoms with Gasteiger partial charge in [0.25, 0.3) is 11.8 Å². The van der Waals surface area contributed by atoms with E-state index in [1.54, 1.807) is 24.3 Å². The average Bonchev–Trinajstić information content (AvgIpc) is 3.45.